The first-order valence-corrected chi connectivity index (χ1v) is 9.61. The summed E-state index contributed by atoms with van der Waals surface area (Å²) in [6.45, 7) is 0. The second-order valence-corrected chi connectivity index (χ2v) is 7.59. The lowest BCUT2D eigenvalue weighted by molar-refractivity contribution is -0.111. The van der Waals surface area contributed by atoms with Crippen molar-refractivity contribution < 1.29 is 14.3 Å². The van der Waals surface area contributed by atoms with Gasteiger partial charge < -0.3 is 9.47 Å². The van der Waals surface area contributed by atoms with Crippen LogP contribution >= 0.6 is 27.3 Å². The quantitative estimate of drug-likeness (QED) is 0.722. The van der Waals surface area contributed by atoms with Gasteiger partial charge in [0.15, 0.2) is 16.6 Å². The molecule has 132 valence electrons. The fourth-order valence-corrected chi connectivity index (χ4v) is 4.43. The lowest BCUT2D eigenvalue weighted by Crippen LogP contribution is -2.07. The molecule has 0 aliphatic heterocycles. The summed E-state index contributed by atoms with van der Waals surface area (Å²) in [4.78, 5) is 18.0. The first kappa shape index (κ1) is 17.9. The van der Waals surface area contributed by atoms with Crippen LogP contribution in [0.1, 0.15) is 29.0 Å². The van der Waals surface area contributed by atoms with Crippen LogP contribution in [-0.4, -0.2) is 25.1 Å². The van der Waals surface area contributed by atoms with Crippen LogP contribution in [0.4, 0.5) is 5.13 Å². The third-order valence-electron chi connectivity index (χ3n) is 3.96. The molecule has 0 atom stereocenters. The largest absolute Gasteiger partial charge is 0.493 e. The summed E-state index contributed by atoms with van der Waals surface area (Å²) < 4.78 is 11.4. The van der Waals surface area contributed by atoms with Crippen molar-refractivity contribution in [2.75, 3.05) is 19.5 Å². The number of nitrogens with one attached hydrogen (secondary N) is 1. The van der Waals surface area contributed by atoms with E-state index in [9.17, 15) is 4.79 Å². The van der Waals surface area contributed by atoms with Crippen molar-refractivity contribution in [2.45, 2.75) is 25.7 Å². The number of nitrogens with zero attached hydrogens (tertiary/aromatic N) is 1. The minimum absolute atomic E-state index is 0.197. The molecule has 0 saturated carbocycles. The number of aryl methyl sites for hydroxylation is 2. The van der Waals surface area contributed by atoms with Crippen molar-refractivity contribution >= 4 is 44.4 Å². The summed E-state index contributed by atoms with van der Waals surface area (Å²) in [7, 11) is 3.16. The number of rotatable bonds is 5. The van der Waals surface area contributed by atoms with E-state index in [0.29, 0.717) is 16.6 Å². The molecule has 1 aliphatic carbocycles. The molecule has 5 nitrogen and oxygen atoms in total. The van der Waals surface area contributed by atoms with E-state index in [1.807, 2.05) is 12.1 Å². The van der Waals surface area contributed by atoms with Crippen LogP contribution in [0, 0.1) is 0 Å². The van der Waals surface area contributed by atoms with Gasteiger partial charge in [-0.2, -0.15) is 0 Å². The number of thiazole rings is 1. The van der Waals surface area contributed by atoms with Crippen LogP contribution in [0.3, 0.4) is 0 Å². The number of fused-ring (bicyclic) bond motifs is 1. The zero-order valence-electron chi connectivity index (χ0n) is 14.1. The molecule has 0 radical (unpaired) electrons. The Bertz CT molecular complexity index is 793. The van der Waals surface area contributed by atoms with Crippen LogP contribution in [0.25, 0.3) is 6.08 Å². The summed E-state index contributed by atoms with van der Waals surface area (Å²) in [5.74, 6) is 1.03. The Morgan fingerprint density at radius 2 is 2.08 bits per heavy atom. The monoisotopic (exact) mass is 422 g/mol. The van der Waals surface area contributed by atoms with E-state index in [1.165, 1.54) is 23.8 Å². The van der Waals surface area contributed by atoms with E-state index in [-0.39, 0.29) is 5.91 Å². The van der Waals surface area contributed by atoms with E-state index in [0.717, 1.165) is 28.6 Å². The second kappa shape index (κ2) is 8.01. The molecule has 25 heavy (non-hydrogen) atoms. The average molecular weight is 423 g/mol. The van der Waals surface area contributed by atoms with Gasteiger partial charge >= 0.3 is 0 Å². The molecule has 1 amide bonds. The molecule has 7 heteroatoms. The lowest BCUT2D eigenvalue weighted by Gasteiger charge is -2.10. The number of methoxy groups -OCH3 is 2. The van der Waals surface area contributed by atoms with E-state index < -0.39 is 0 Å². The minimum Gasteiger partial charge on any atom is -0.493 e. The molecule has 3 rings (SSSR count). The highest BCUT2D eigenvalue weighted by Crippen LogP contribution is 2.36. The highest BCUT2D eigenvalue weighted by molar-refractivity contribution is 9.10. The predicted molar refractivity (Wildman–Crippen MR) is 104 cm³/mol. The third-order valence-corrected chi connectivity index (χ3v) is 5.62. The van der Waals surface area contributed by atoms with Gasteiger partial charge in [0, 0.05) is 11.0 Å². The smallest absolute Gasteiger partial charge is 0.250 e. The molecule has 1 aromatic carbocycles. The molecule has 0 spiro atoms. The molecular formula is C18H19BrN2O3S. The Balaban J connectivity index is 1.70. The second-order valence-electron chi connectivity index (χ2n) is 5.66. The molecule has 2 aromatic rings. The van der Waals surface area contributed by atoms with Crippen molar-refractivity contribution in [3.63, 3.8) is 0 Å². The molecular weight excluding hydrogens is 404 g/mol. The van der Waals surface area contributed by atoms with Crippen LogP contribution in [0.2, 0.25) is 0 Å². The van der Waals surface area contributed by atoms with Crippen LogP contribution in [0.5, 0.6) is 11.5 Å². The topological polar surface area (TPSA) is 60.5 Å². The Morgan fingerprint density at radius 1 is 1.28 bits per heavy atom. The minimum atomic E-state index is -0.197. The highest BCUT2D eigenvalue weighted by atomic mass is 79.9. The normalized spacial score (nSPS) is 13.6. The van der Waals surface area contributed by atoms with Crippen molar-refractivity contribution in [1.29, 1.82) is 0 Å². The fraction of sp³-hybridized carbons (Fsp3) is 0.333. The van der Waals surface area contributed by atoms with Crippen LogP contribution in [-0.2, 0) is 17.6 Å². The third kappa shape index (κ3) is 4.22. The maximum atomic E-state index is 12.2. The first-order chi connectivity index (χ1) is 12.1. The summed E-state index contributed by atoms with van der Waals surface area (Å²) >= 11 is 5.02. The summed E-state index contributed by atoms with van der Waals surface area (Å²) in [6, 6.07) is 3.68. The number of carbonyl (C=O) groups is 1. The van der Waals surface area contributed by atoms with Gasteiger partial charge in [0.05, 0.1) is 24.4 Å². The lowest BCUT2D eigenvalue weighted by atomic mass is 10.0. The molecule has 0 fully saturated rings. The number of ether oxygens (including phenoxy) is 2. The van der Waals surface area contributed by atoms with Gasteiger partial charge in [-0.3, -0.25) is 10.1 Å². The maximum absolute atomic E-state index is 12.2. The predicted octanol–water partition coefficient (Wildman–Crippen LogP) is 4.45. The van der Waals surface area contributed by atoms with E-state index in [1.54, 1.807) is 31.6 Å². The van der Waals surface area contributed by atoms with Gasteiger partial charge in [0.25, 0.3) is 0 Å². The van der Waals surface area contributed by atoms with E-state index in [4.69, 9.17) is 9.47 Å². The van der Waals surface area contributed by atoms with Crippen molar-refractivity contribution in [1.82, 2.24) is 4.98 Å². The molecule has 1 aliphatic rings. The molecule has 1 N–H and O–H groups in total. The number of hydrogen-bond acceptors (Lipinski definition) is 5. The molecule has 0 unspecified atom stereocenters. The summed E-state index contributed by atoms with van der Waals surface area (Å²) in [5.41, 5.74) is 1.97. The standard InChI is InChI=1S/C18H19BrN2O3S/c1-23-14-10-11(9-12(19)17(14)24-2)7-8-16(22)21-18-20-13-5-3-4-6-15(13)25-18/h7-10H,3-6H2,1-2H3,(H,20,21,22). The Kier molecular flexibility index (Phi) is 5.75. The average Bonchev–Trinajstić information content (AvgIpc) is 3.01. The zero-order valence-corrected chi connectivity index (χ0v) is 16.5. The number of amides is 1. The van der Waals surface area contributed by atoms with Gasteiger partial charge in [-0.05, 0) is 65.4 Å². The summed E-state index contributed by atoms with van der Waals surface area (Å²) in [6.07, 6.45) is 7.69. The van der Waals surface area contributed by atoms with E-state index >= 15 is 0 Å². The van der Waals surface area contributed by atoms with Gasteiger partial charge in [-0.15, -0.1) is 11.3 Å². The van der Waals surface area contributed by atoms with Gasteiger partial charge in [0.1, 0.15) is 0 Å². The maximum Gasteiger partial charge on any atom is 0.250 e. The fourth-order valence-electron chi connectivity index (χ4n) is 2.76. The number of anilines is 1. The zero-order chi connectivity index (χ0) is 17.8. The van der Waals surface area contributed by atoms with Gasteiger partial charge in [-0.25, -0.2) is 4.98 Å². The number of halogens is 1. The van der Waals surface area contributed by atoms with Crippen molar-refractivity contribution in [2.24, 2.45) is 0 Å². The Hall–Kier alpha value is -1.86. The Labute approximate surface area is 159 Å². The van der Waals surface area contributed by atoms with Crippen LogP contribution in [0.15, 0.2) is 22.7 Å². The van der Waals surface area contributed by atoms with Crippen molar-refractivity contribution in [3.05, 3.63) is 38.8 Å². The molecule has 1 aromatic heterocycles. The van der Waals surface area contributed by atoms with E-state index in [2.05, 4.69) is 26.2 Å². The molecule has 1 heterocycles. The highest BCUT2D eigenvalue weighted by Gasteiger charge is 2.15. The SMILES string of the molecule is COc1cc(C=CC(=O)Nc2nc3c(s2)CCCC3)cc(Br)c1OC. The van der Waals surface area contributed by atoms with Crippen LogP contribution < -0.4 is 14.8 Å². The first-order valence-electron chi connectivity index (χ1n) is 8.00. The van der Waals surface area contributed by atoms with Gasteiger partial charge in [-0.1, -0.05) is 0 Å². The summed E-state index contributed by atoms with van der Waals surface area (Å²) in [5, 5.41) is 3.53. The molecule has 0 bridgehead atoms. The number of hydrogen-bond donors (Lipinski definition) is 1. The molecule has 0 saturated heterocycles. The van der Waals surface area contributed by atoms with Crippen molar-refractivity contribution in [3.8, 4) is 11.5 Å². The number of benzene rings is 1. The number of carbonyl (C=O) groups excluding carboxylic acids is 1. The van der Waals surface area contributed by atoms with Gasteiger partial charge in [0.2, 0.25) is 5.91 Å². The Morgan fingerprint density at radius 3 is 2.80 bits per heavy atom. The number of aromatic nitrogens is 1.